The van der Waals surface area contributed by atoms with Crippen molar-refractivity contribution in [3.63, 3.8) is 0 Å². The SMILES string of the molecule is [2H]C([2H])([2H])N1CC[C@]23c4c5ccc(O)c4O[C@H]2[C@H](O)CC[C@H]3[C@H]1C5. The number of aromatic hydroxyl groups is 1. The van der Waals surface area contributed by atoms with Crippen LogP contribution in [0.4, 0.5) is 0 Å². The number of hydrogen-bond acceptors (Lipinski definition) is 4. The first-order valence-electron chi connectivity index (χ1n) is 9.31. The van der Waals surface area contributed by atoms with E-state index >= 15 is 0 Å². The molecule has 5 rings (SSSR count). The van der Waals surface area contributed by atoms with E-state index in [2.05, 4.69) is 0 Å². The fraction of sp³-hybridized carbons (Fsp3) is 0.647. The average Bonchev–Trinajstić information content (AvgIpc) is 2.85. The average molecular weight is 290 g/mol. The Bertz CT molecular complexity index is 722. The van der Waals surface area contributed by atoms with Crippen molar-refractivity contribution in [1.29, 1.82) is 0 Å². The number of aliphatic hydroxyl groups excluding tert-OH is 1. The van der Waals surface area contributed by atoms with Crippen molar-refractivity contribution in [1.82, 2.24) is 4.90 Å². The van der Waals surface area contributed by atoms with Gasteiger partial charge >= 0.3 is 0 Å². The molecule has 2 heterocycles. The van der Waals surface area contributed by atoms with Crippen LogP contribution in [0.15, 0.2) is 12.1 Å². The number of likely N-dealkylation sites (N-methyl/N-ethyl adjacent to an activating group) is 1. The van der Waals surface area contributed by atoms with Gasteiger partial charge in [-0.2, -0.15) is 0 Å². The van der Waals surface area contributed by atoms with Crippen LogP contribution < -0.4 is 4.74 Å². The topological polar surface area (TPSA) is 52.9 Å². The first kappa shape index (κ1) is 9.70. The molecule has 2 fully saturated rings. The second-order valence-corrected chi connectivity index (χ2v) is 6.99. The molecule has 1 saturated heterocycles. The van der Waals surface area contributed by atoms with Crippen molar-refractivity contribution in [2.24, 2.45) is 5.92 Å². The molecule has 1 saturated carbocycles. The Morgan fingerprint density at radius 3 is 3.19 bits per heavy atom. The number of rotatable bonds is 0. The molecule has 2 bridgehead atoms. The summed E-state index contributed by atoms with van der Waals surface area (Å²) in [4.78, 5) is 1.67. The van der Waals surface area contributed by atoms with Gasteiger partial charge in [-0.15, -0.1) is 0 Å². The smallest absolute Gasteiger partial charge is 0.165 e. The molecular formula is C17H21NO3. The van der Waals surface area contributed by atoms with Crippen LogP contribution in [0.2, 0.25) is 0 Å². The third-order valence-corrected chi connectivity index (χ3v) is 6.29. The molecule has 112 valence electrons. The summed E-state index contributed by atoms with van der Waals surface area (Å²) in [5, 5.41) is 20.8. The number of phenolic OH excluding ortho intramolecular Hbond substituents is 1. The van der Waals surface area contributed by atoms with E-state index in [1.807, 2.05) is 6.07 Å². The van der Waals surface area contributed by atoms with Crippen LogP contribution >= 0.6 is 0 Å². The molecule has 4 heteroatoms. The highest BCUT2D eigenvalue weighted by molar-refractivity contribution is 5.60. The third kappa shape index (κ3) is 1.25. The lowest BCUT2D eigenvalue weighted by Crippen LogP contribution is -2.66. The minimum absolute atomic E-state index is 0.0622. The van der Waals surface area contributed by atoms with Gasteiger partial charge in [0.1, 0.15) is 6.10 Å². The lowest BCUT2D eigenvalue weighted by atomic mass is 9.51. The molecule has 0 unspecified atom stereocenters. The molecule has 21 heavy (non-hydrogen) atoms. The van der Waals surface area contributed by atoms with Gasteiger partial charge < -0.3 is 19.8 Å². The standard InChI is InChI=1S/C17H21NO3/c1-18-7-6-17-10-3-5-13(20)16(17)21-15-12(19)4-2-9(14(15)17)8-11(10)18/h2,4,10-11,13,16,19-20H,3,5-8H2,1H3/t10-,11+,13+,16-,17-/m0/s1/i1D3. The predicted octanol–water partition coefficient (Wildman–Crippen LogP) is 1.42. The summed E-state index contributed by atoms with van der Waals surface area (Å²) >= 11 is 0. The number of phenols is 1. The minimum Gasteiger partial charge on any atom is -0.504 e. The summed E-state index contributed by atoms with van der Waals surface area (Å²) in [5.41, 5.74) is 1.75. The van der Waals surface area contributed by atoms with Crippen molar-refractivity contribution in [3.05, 3.63) is 23.3 Å². The van der Waals surface area contributed by atoms with Gasteiger partial charge in [0.05, 0.1) is 6.10 Å². The Morgan fingerprint density at radius 1 is 1.43 bits per heavy atom. The van der Waals surface area contributed by atoms with Crippen molar-refractivity contribution >= 4 is 0 Å². The van der Waals surface area contributed by atoms with Gasteiger partial charge in [-0.05, 0) is 56.8 Å². The molecule has 0 radical (unpaired) electrons. The van der Waals surface area contributed by atoms with Crippen LogP contribution in [0, 0.1) is 5.92 Å². The van der Waals surface area contributed by atoms with Crippen LogP contribution in [0.3, 0.4) is 0 Å². The molecule has 2 aliphatic heterocycles. The Morgan fingerprint density at radius 2 is 2.33 bits per heavy atom. The predicted molar refractivity (Wildman–Crippen MR) is 77.7 cm³/mol. The molecule has 0 amide bonds. The number of aliphatic hydroxyl groups is 1. The highest BCUT2D eigenvalue weighted by Gasteiger charge is 2.65. The Hall–Kier alpha value is -1.26. The molecule has 0 aromatic heterocycles. The van der Waals surface area contributed by atoms with E-state index in [9.17, 15) is 10.2 Å². The normalized spacial score (nSPS) is 46.0. The van der Waals surface area contributed by atoms with Crippen molar-refractivity contribution < 1.29 is 19.1 Å². The number of ether oxygens (including phenoxy) is 1. The lowest BCUT2D eigenvalue weighted by Gasteiger charge is -2.58. The maximum absolute atomic E-state index is 10.6. The van der Waals surface area contributed by atoms with Gasteiger partial charge in [0.15, 0.2) is 11.5 Å². The van der Waals surface area contributed by atoms with Crippen molar-refractivity contribution in [3.8, 4) is 11.5 Å². The van der Waals surface area contributed by atoms with Crippen LogP contribution in [-0.2, 0) is 11.8 Å². The van der Waals surface area contributed by atoms with Gasteiger partial charge in [0.25, 0.3) is 0 Å². The summed E-state index contributed by atoms with van der Waals surface area (Å²) < 4.78 is 29.8. The largest absolute Gasteiger partial charge is 0.504 e. The summed E-state index contributed by atoms with van der Waals surface area (Å²) in [6.45, 7) is -1.63. The summed E-state index contributed by atoms with van der Waals surface area (Å²) in [5.74, 6) is 0.792. The molecule has 5 atom stereocenters. The van der Waals surface area contributed by atoms with Crippen LogP contribution in [0.1, 0.15) is 34.5 Å². The Kier molecular flexibility index (Phi) is 1.72. The molecule has 1 aromatic carbocycles. The van der Waals surface area contributed by atoms with Crippen LogP contribution in [0.5, 0.6) is 11.5 Å². The number of benzene rings is 1. The lowest BCUT2D eigenvalue weighted by molar-refractivity contribution is -0.0993. The zero-order valence-corrected chi connectivity index (χ0v) is 11.7. The second-order valence-electron chi connectivity index (χ2n) is 6.99. The zero-order valence-electron chi connectivity index (χ0n) is 14.7. The molecule has 2 aliphatic carbocycles. The number of piperidine rings is 1. The van der Waals surface area contributed by atoms with E-state index in [0.29, 0.717) is 31.6 Å². The Balaban J connectivity index is 1.74. The summed E-state index contributed by atoms with van der Waals surface area (Å²) in [6.07, 6.45) is 1.79. The highest BCUT2D eigenvalue weighted by atomic mass is 16.5. The van der Waals surface area contributed by atoms with E-state index in [4.69, 9.17) is 8.85 Å². The third-order valence-electron chi connectivity index (χ3n) is 6.29. The van der Waals surface area contributed by atoms with E-state index in [1.165, 1.54) is 0 Å². The maximum Gasteiger partial charge on any atom is 0.165 e. The van der Waals surface area contributed by atoms with Gasteiger partial charge in [-0.1, -0.05) is 6.07 Å². The van der Waals surface area contributed by atoms with E-state index in [0.717, 1.165) is 17.5 Å². The van der Waals surface area contributed by atoms with Gasteiger partial charge in [0, 0.05) is 21.1 Å². The highest BCUT2D eigenvalue weighted by Crippen LogP contribution is 2.63. The summed E-state index contributed by atoms with van der Waals surface area (Å²) in [7, 11) is 0. The van der Waals surface area contributed by atoms with E-state index in [1.54, 1.807) is 11.0 Å². The monoisotopic (exact) mass is 290 g/mol. The van der Waals surface area contributed by atoms with Crippen molar-refractivity contribution in [2.45, 2.75) is 49.3 Å². The molecular weight excluding hydrogens is 266 g/mol. The summed E-state index contributed by atoms with van der Waals surface area (Å²) in [6, 6.07) is 3.46. The second kappa shape index (κ2) is 3.73. The minimum atomic E-state index is -2.10. The Labute approximate surface area is 128 Å². The van der Waals surface area contributed by atoms with Crippen molar-refractivity contribution in [2.75, 3.05) is 13.5 Å². The van der Waals surface area contributed by atoms with E-state index < -0.39 is 13.1 Å². The number of likely N-dealkylation sites (tertiary alicyclic amines) is 1. The fourth-order valence-corrected chi connectivity index (χ4v) is 5.52. The van der Waals surface area contributed by atoms with Crippen LogP contribution in [0.25, 0.3) is 0 Å². The molecule has 4 nitrogen and oxygen atoms in total. The molecule has 1 aromatic rings. The quantitative estimate of drug-likeness (QED) is 0.759. The van der Waals surface area contributed by atoms with Gasteiger partial charge in [-0.25, -0.2) is 0 Å². The fourth-order valence-electron chi connectivity index (χ4n) is 5.52. The first-order valence-corrected chi connectivity index (χ1v) is 7.81. The molecule has 1 spiro atoms. The van der Waals surface area contributed by atoms with Gasteiger partial charge in [-0.3, -0.25) is 0 Å². The molecule has 2 N–H and O–H groups in total. The molecule has 4 aliphatic rings. The van der Waals surface area contributed by atoms with E-state index in [-0.39, 0.29) is 29.2 Å². The zero-order chi connectivity index (χ0) is 16.9. The number of hydrogen-bond donors (Lipinski definition) is 2. The maximum atomic E-state index is 10.6. The van der Waals surface area contributed by atoms with Gasteiger partial charge in [0.2, 0.25) is 0 Å². The number of nitrogens with zero attached hydrogens (tertiary/aromatic N) is 1. The first-order chi connectivity index (χ1) is 11.3. The van der Waals surface area contributed by atoms with Crippen LogP contribution in [-0.4, -0.2) is 46.9 Å².